The molecule has 0 aromatic rings. The first-order valence-corrected chi connectivity index (χ1v) is 6.86. The summed E-state index contributed by atoms with van der Waals surface area (Å²) in [5.41, 5.74) is 0. The molecule has 0 saturated carbocycles. The van der Waals surface area contributed by atoms with E-state index in [-0.39, 0.29) is 25.7 Å². The molecule has 7 nitrogen and oxygen atoms in total. The number of aliphatic carboxylic acids is 1. The van der Waals surface area contributed by atoms with Crippen LogP contribution in [0.4, 0.5) is 0 Å². The summed E-state index contributed by atoms with van der Waals surface area (Å²) < 4.78 is 0. The predicted octanol–water partition coefficient (Wildman–Crippen LogP) is -0.120. The zero-order valence-corrected chi connectivity index (χ0v) is 12.0. The molecule has 0 fully saturated rings. The van der Waals surface area contributed by atoms with Crippen molar-refractivity contribution in [1.29, 1.82) is 0 Å². The summed E-state index contributed by atoms with van der Waals surface area (Å²) in [4.78, 5) is 21.1. The largest absolute Gasteiger partial charge is 0.480 e. The Balaban J connectivity index is 0. The van der Waals surface area contributed by atoms with Crippen LogP contribution in [0.15, 0.2) is 0 Å². The Morgan fingerprint density at radius 1 is 1.05 bits per heavy atom. The molecule has 0 aromatic carbocycles. The number of hydrogen-bond donors (Lipinski definition) is 5. The summed E-state index contributed by atoms with van der Waals surface area (Å²) in [7, 11) is 0. The Bertz CT molecular complexity index is 243. The Morgan fingerprint density at radius 2 is 1.60 bits per heavy atom. The van der Waals surface area contributed by atoms with Crippen molar-refractivity contribution in [1.82, 2.24) is 5.32 Å². The third-order valence-corrected chi connectivity index (χ3v) is 2.37. The summed E-state index contributed by atoms with van der Waals surface area (Å²) in [6, 6.07) is 0. The second-order valence-electron chi connectivity index (χ2n) is 4.35. The van der Waals surface area contributed by atoms with Gasteiger partial charge >= 0.3 is 5.97 Å². The van der Waals surface area contributed by atoms with E-state index in [1.807, 2.05) is 0 Å². The van der Waals surface area contributed by atoms with Gasteiger partial charge in [0.05, 0.1) is 13.2 Å². The molecule has 0 aliphatic rings. The van der Waals surface area contributed by atoms with Crippen LogP contribution >= 0.6 is 0 Å². The molecule has 0 radical (unpaired) electrons. The monoisotopic (exact) mass is 293 g/mol. The van der Waals surface area contributed by atoms with E-state index in [0.717, 1.165) is 19.3 Å². The molecule has 7 heteroatoms. The van der Waals surface area contributed by atoms with Crippen LogP contribution < -0.4 is 5.32 Å². The van der Waals surface area contributed by atoms with Crippen molar-refractivity contribution in [3.63, 3.8) is 0 Å². The molecule has 0 saturated heterocycles. The van der Waals surface area contributed by atoms with Gasteiger partial charge in [-0.05, 0) is 6.42 Å². The minimum Gasteiger partial charge on any atom is -0.480 e. The van der Waals surface area contributed by atoms with Crippen molar-refractivity contribution >= 4 is 11.9 Å². The lowest BCUT2D eigenvalue weighted by Crippen LogP contribution is -2.28. The summed E-state index contributed by atoms with van der Waals surface area (Å²) in [5.74, 6) is -1.16. The molecule has 0 atom stereocenters. The minimum atomic E-state index is -0.996. The van der Waals surface area contributed by atoms with Crippen LogP contribution in [-0.2, 0) is 9.59 Å². The van der Waals surface area contributed by atoms with Crippen LogP contribution in [0.25, 0.3) is 0 Å². The van der Waals surface area contributed by atoms with Gasteiger partial charge in [0.25, 0.3) is 0 Å². The van der Waals surface area contributed by atoms with E-state index in [1.54, 1.807) is 0 Å². The van der Waals surface area contributed by atoms with Gasteiger partial charge in [0, 0.05) is 6.42 Å². The highest BCUT2D eigenvalue weighted by Gasteiger charge is 2.02. The second kappa shape index (κ2) is 15.9. The molecule has 0 rings (SSSR count). The Morgan fingerprint density at radius 3 is 2.00 bits per heavy atom. The zero-order chi connectivity index (χ0) is 15.8. The number of carbonyl (C=O) groups excluding carboxylic acids is 1. The maximum Gasteiger partial charge on any atom is 0.322 e. The summed E-state index contributed by atoms with van der Waals surface area (Å²) in [5, 5.41) is 34.6. The van der Waals surface area contributed by atoms with Crippen LogP contribution in [0.1, 0.15) is 45.4 Å². The van der Waals surface area contributed by atoms with Crippen molar-refractivity contribution in [2.75, 3.05) is 19.8 Å². The highest BCUT2D eigenvalue weighted by molar-refractivity contribution is 5.80. The normalized spacial score (nSPS) is 9.85. The number of unbranched alkanes of at least 4 members (excludes halogenated alkanes) is 4. The van der Waals surface area contributed by atoms with Gasteiger partial charge < -0.3 is 25.7 Å². The molecule has 0 aliphatic heterocycles. The van der Waals surface area contributed by atoms with Crippen LogP contribution in [0.3, 0.4) is 0 Å². The summed E-state index contributed by atoms with van der Waals surface area (Å²) >= 11 is 0. The highest BCUT2D eigenvalue weighted by Crippen LogP contribution is 2.04. The van der Waals surface area contributed by atoms with E-state index in [4.69, 9.17) is 20.4 Å². The summed E-state index contributed by atoms with van der Waals surface area (Å²) in [6.45, 7) is 1.14. The SMILES string of the molecule is CCCCCCCC(=O)NCC(=O)O.OCC(O)CO. The number of rotatable bonds is 10. The maximum absolute atomic E-state index is 11.0. The molecule has 0 unspecified atom stereocenters. The number of nitrogens with one attached hydrogen (secondary N) is 1. The van der Waals surface area contributed by atoms with E-state index < -0.39 is 12.1 Å². The third kappa shape index (κ3) is 19.2. The molecule has 20 heavy (non-hydrogen) atoms. The highest BCUT2D eigenvalue weighted by atomic mass is 16.4. The molecule has 0 bridgehead atoms. The van der Waals surface area contributed by atoms with Crippen LogP contribution in [0, 0.1) is 0 Å². The lowest BCUT2D eigenvalue weighted by atomic mass is 10.1. The Hall–Kier alpha value is -1.18. The van der Waals surface area contributed by atoms with E-state index in [1.165, 1.54) is 12.8 Å². The van der Waals surface area contributed by atoms with Crippen LogP contribution in [0.5, 0.6) is 0 Å². The van der Waals surface area contributed by atoms with Gasteiger partial charge in [-0.25, -0.2) is 0 Å². The molecule has 5 N–H and O–H groups in total. The number of carboxylic acids is 1. The van der Waals surface area contributed by atoms with Crippen molar-refractivity contribution in [3.8, 4) is 0 Å². The topological polar surface area (TPSA) is 127 Å². The van der Waals surface area contributed by atoms with Gasteiger partial charge in [0.15, 0.2) is 0 Å². The molecule has 0 aromatic heterocycles. The molecule has 0 spiro atoms. The van der Waals surface area contributed by atoms with E-state index >= 15 is 0 Å². The molecule has 120 valence electrons. The number of hydrogen-bond acceptors (Lipinski definition) is 5. The zero-order valence-electron chi connectivity index (χ0n) is 12.0. The number of amides is 1. The smallest absolute Gasteiger partial charge is 0.322 e. The molecular weight excluding hydrogens is 266 g/mol. The van der Waals surface area contributed by atoms with Crippen LogP contribution in [0.2, 0.25) is 0 Å². The lowest BCUT2D eigenvalue weighted by molar-refractivity contribution is -0.137. The van der Waals surface area contributed by atoms with E-state index in [2.05, 4.69) is 12.2 Å². The maximum atomic E-state index is 11.0. The van der Waals surface area contributed by atoms with E-state index in [9.17, 15) is 9.59 Å². The predicted molar refractivity (Wildman–Crippen MR) is 74.2 cm³/mol. The standard InChI is InChI=1S/C10H19NO3.C3H8O3/c1-2-3-4-5-6-7-9(12)11-8-10(13)14;4-1-3(6)2-5/h2-8H2,1H3,(H,11,12)(H,13,14);3-6H,1-2H2. The van der Waals surface area contributed by atoms with Crippen LogP contribution in [-0.4, -0.2) is 58.2 Å². The molecular formula is C13H27NO6. The lowest BCUT2D eigenvalue weighted by Gasteiger charge is -2.01. The van der Waals surface area contributed by atoms with Gasteiger partial charge in [-0.1, -0.05) is 32.6 Å². The summed E-state index contributed by atoms with van der Waals surface area (Å²) in [6.07, 6.45) is 4.94. The number of carboxylic acid groups (broad SMARTS) is 1. The number of aliphatic hydroxyl groups is 3. The van der Waals surface area contributed by atoms with Crippen molar-refractivity contribution < 1.29 is 30.0 Å². The fraction of sp³-hybridized carbons (Fsp3) is 0.846. The minimum absolute atomic E-state index is 0.163. The van der Waals surface area contributed by atoms with E-state index in [0.29, 0.717) is 6.42 Å². The average molecular weight is 293 g/mol. The number of carbonyl (C=O) groups is 2. The average Bonchev–Trinajstić information content (AvgIpc) is 2.44. The Labute approximate surface area is 119 Å². The van der Waals surface area contributed by atoms with Gasteiger partial charge in [-0.2, -0.15) is 0 Å². The van der Waals surface area contributed by atoms with Gasteiger partial charge in [-0.15, -0.1) is 0 Å². The first-order valence-electron chi connectivity index (χ1n) is 6.86. The quantitative estimate of drug-likeness (QED) is 0.357. The van der Waals surface area contributed by atoms with Gasteiger partial charge in [0.2, 0.25) is 5.91 Å². The van der Waals surface area contributed by atoms with Gasteiger partial charge in [0.1, 0.15) is 12.6 Å². The molecule has 0 heterocycles. The fourth-order valence-electron chi connectivity index (χ4n) is 1.21. The number of aliphatic hydroxyl groups excluding tert-OH is 3. The Kier molecular flexibility index (Phi) is 16.8. The molecule has 1 amide bonds. The van der Waals surface area contributed by atoms with Crippen molar-refractivity contribution in [3.05, 3.63) is 0 Å². The second-order valence-corrected chi connectivity index (χ2v) is 4.35. The van der Waals surface area contributed by atoms with Crippen molar-refractivity contribution in [2.45, 2.75) is 51.6 Å². The van der Waals surface area contributed by atoms with Crippen molar-refractivity contribution in [2.24, 2.45) is 0 Å². The first kappa shape index (κ1) is 21.1. The molecule has 0 aliphatic carbocycles. The van der Waals surface area contributed by atoms with Gasteiger partial charge in [-0.3, -0.25) is 9.59 Å². The first-order chi connectivity index (χ1) is 9.47. The fourth-order valence-corrected chi connectivity index (χ4v) is 1.21. The third-order valence-electron chi connectivity index (χ3n) is 2.37.